The summed E-state index contributed by atoms with van der Waals surface area (Å²) >= 11 is 0. The molecule has 0 radical (unpaired) electrons. The van der Waals surface area contributed by atoms with Crippen LogP contribution in [0.15, 0.2) is 12.4 Å². The van der Waals surface area contributed by atoms with Crippen molar-refractivity contribution >= 4 is 0 Å². The van der Waals surface area contributed by atoms with Gasteiger partial charge in [0.25, 0.3) is 0 Å². The van der Waals surface area contributed by atoms with Crippen LogP contribution in [0.1, 0.15) is 5.82 Å². The van der Waals surface area contributed by atoms with Gasteiger partial charge in [0, 0.05) is 32.5 Å². The predicted molar refractivity (Wildman–Crippen MR) is 58.3 cm³/mol. The maximum absolute atomic E-state index is 4.38. The Kier molecular flexibility index (Phi) is 2.25. The summed E-state index contributed by atoms with van der Waals surface area (Å²) < 4.78 is 2.12. The minimum atomic E-state index is 0.880. The van der Waals surface area contributed by atoms with Gasteiger partial charge in [0.15, 0.2) is 0 Å². The van der Waals surface area contributed by atoms with Gasteiger partial charge in [0.05, 0.1) is 6.54 Å². The van der Waals surface area contributed by atoms with Gasteiger partial charge in [-0.25, -0.2) is 4.98 Å². The first kappa shape index (κ1) is 9.36. The number of aromatic nitrogens is 2. The maximum atomic E-state index is 4.38. The van der Waals surface area contributed by atoms with E-state index in [9.17, 15) is 0 Å². The molecule has 82 valence electrons. The van der Waals surface area contributed by atoms with E-state index in [4.69, 9.17) is 0 Å². The second kappa shape index (κ2) is 3.61. The lowest BCUT2D eigenvalue weighted by atomic mass is 10.0. The first-order valence-electron chi connectivity index (χ1n) is 5.72. The van der Waals surface area contributed by atoms with E-state index in [0.717, 1.165) is 18.4 Å². The summed E-state index contributed by atoms with van der Waals surface area (Å²) in [5.74, 6) is 2.94. The Morgan fingerprint density at radius 3 is 2.73 bits per heavy atom. The largest absolute Gasteiger partial charge is 0.337 e. The van der Waals surface area contributed by atoms with Gasteiger partial charge in [-0.2, -0.15) is 0 Å². The number of fused-ring (bicyclic) bond motifs is 1. The molecular formula is C11H18N4. The number of likely N-dealkylation sites (tertiary alicyclic amines) is 1. The summed E-state index contributed by atoms with van der Waals surface area (Å²) in [4.78, 5) is 6.92. The van der Waals surface area contributed by atoms with Crippen molar-refractivity contribution in [2.75, 3.05) is 26.2 Å². The van der Waals surface area contributed by atoms with Crippen LogP contribution in [0.3, 0.4) is 0 Å². The van der Waals surface area contributed by atoms with Gasteiger partial charge < -0.3 is 9.88 Å². The van der Waals surface area contributed by atoms with Crippen molar-refractivity contribution in [2.24, 2.45) is 18.9 Å². The molecule has 1 aromatic rings. The average molecular weight is 206 g/mol. The molecule has 3 heterocycles. The van der Waals surface area contributed by atoms with E-state index < -0.39 is 0 Å². The fourth-order valence-corrected chi connectivity index (χ4v) is 2.83. The third kappa shape index (κ3) is 1.68. The SMILES string of the molecule is Cn1ccnc1CN1C[C@H]2CNC[C@H]2C1. The lowest BCUT2D eigenvalue weighted by Gasteiger charge is -2.16. The van der Waals surface area contributed by atoms with Crippen LogP contribution in [0.5, 0.6) is 0 Å². The van der Waals surface area contributed by atoms with Gasteiger partial charge in [0.2, 0.25) is 0 Å². The summed E-state index contributed by atoms with van der Waals surface area (Å²) in [6.45, 7) is 5.91. The average Bonchev–Trinajstić information content (AvgIpc) is 2.83. The molecule has 2 saturated heterocycles. The smallest absolute Gasteiger partial charge is 0.122 e. The molecule has 0 aromatic carbocycles. The van der Waals surface area contributed by atoms with E-state index in [0.29, 0.717) is 0 Å². The van der Waals surface area contributed by atoms with Crippen molar-refractivity contribution < 1.29 is 0 Å². The molecule has 4 heteroatoms. The topological polar surface area (TPSA) is 33.1 Å². The highest BCUT2D eigenvalue weighted by molar-refractivity contribution is 4.96. The number of aryl methyl sites for hydroxylation is 1. The highest BCUT2D eigenvalue weighted by Crippen LogP contribution is 2.26. The molecular weight excluding hydrogens is 188 g/mol. The Balaban J connectivity index is 1.64. The number of nitrogens with one attached hydrogen (secondary N) is 1. The fraction of sp³-hybridized carbons (Fsp3) is 0.727. The number of imidazole rings is 1. The molecule has 0 bridgehead atoms. The molecule has 2 aliphatic rings. The molecule has 0 unspecified atom stereocenters. The van der Waals surface area contributed by atoms with Gasteiger partial charge in [-0.05, 0) is 24.9 Å². The molecule has 0 spiro atoms. The molecule has 2 fully saturated rings. The van der Waals surface area contributed by atoms with Crippen molar-refractivity contribution in [3.05, 3.63) is 18.2 Å². The Morgan fingerprint density at radius 2 is 2.13 bits per heavy atom. The molecule has 15 heavy (non-hydrogen) atoms. The lowest BCUT2D eigenvalue weighted by molar-refractivity contribution is 0.295. The van der Waals surface area contributed by atoms with Crippen LogP contribution in [-0.4, -0.2) is 40.6 Å². The zero-order valence-corrected chi connectivity index (χ0v) is 9.19. The normalized spacial score (nSPS) is 31.0. The van der Waals surface area contributed by atoms with E-state index in [2.05, 4.69) is 26.8 Å². The minimum Gasteiger partial charge on any atom is -0.337 e. The molecule has 2 aliphatic heterocycles. The highest BCUT2D eigenvalue weighted by atomic mass is 15.2. The van der Waals surface area contributed by atoms with Crippen LogP contribution in [-0.2, 0) is 13.6 Å². The summed E-state index contributed by atoms with van der Waals surface area (Å²) in [7, 11) is 2.07. The van der Waals surface area contributed by atoms with E-state index >= 15 is 0 Å². The zero-order valence-electron chi connectivity index (χ0n) is 9.19. The van der Waals surface area contributed by atoms with E-state index in [1.165, 1.54) is 32.0 Å². The third-order valence-corrected chi connectivity index (χ3v) is 3.75. The molecule has 4 nitrogen and oxygen atoms in total. The van der Waals surface area contributed by atoms with E-state index in [1.807, 2.05) is 12.4 Å². The van der Waals surface area contributed by atoms with E-state index in [1.54, 1.807) is 0 Å². The Hall–Kier alpha value is -0.870. The molecule has 2 atom stereocenters. The van der Waals surface area contributed by atoms with E-state index in [-0.39, 0.29) is 0 Å². The summed E-state index contributed by atoms with van der Waals surface area (Å²) in [6, 6.07) is 0. The molecule has 0 amide bonds. The van der Waals surface area contributed by atoms with Crippen LogP contribution in [0, 0.1) is 11.8 Å². The fourth-order valence-electron chi connectivity index (χ4n) is 2.83. The molecule has 0 saturated carbocycles. The number of rotatable bonds is 2. The molecule has 0 aliphatic carbocycles. The van der Waals surface area contributed by atoms with Crippen LogP contribution >= 0.6 is 0 Å². The quantitative estimate of drug-likeness (QED) is 0.743. The lowest BCUT2D eigenvalue weighted by Crippen LogP contribution is -2.26. The second-order valence-corrected chi connectivity index (χ2v) is 4.83. The summed E-state index contributed by atoms with van der Waals surface area (Å²) in [5, 5.41) is 3.47. The predicted octanol–water partition coefficient (Wildman–Crippen LogP) is 0.0713. The monoisotopic (exact) mass is 206 g/mol. The van der Waals surface area contributed by atoms with Gasteiger partial charge in [-0.15, -0.1) is 0 Å². The van der Waals surface area contributed by atoms with Crippen molar-refractivity contribution in [1.29, 1.82) is 0 Å². The van der Waals surface area contributed by atoms with Gasteiger partial charge in [-0.1, -0.05) is 0 Å². The Bertz CT molecular complexity index is 334. The summed E-state index contributed by atoms with van der Waals surface area (Å²) in [6.07, 6.45) is 3.90. The zero-order chi connectivity index (χ0) is 10.3. The standard InChI is InChI=1S/C11H18N4/c1-14-3-2-13-11(14)8-15-6-9-4-12-5-10(9)7-15/h2-3,9-10,12H,4-8H2,1H3/t9-,10+. The van der Waals surface area contributed by atoms with Crippen molar-refractivity contribution in [1.82, 2.24) is 19.8 Å². The highest BCUT2D eigenvalue weighted by Gasteiger charge is 2.36. The van der Waals surface area contributed by atoms with Crippen LogP contribution in [0.2, 0.25) is 0 Å². The number of nitrogens with zero attached hydrogens (tertiary/aromatic N) is 3. The summed E-state index contributed by atoms with van der Waals surface area (Å²) in [5.41, 5.74) is 0. The van der Waals surface area contributed by atoms with Crippen LogP contribution in [0.25, 0.3) is 0 Å². The first-order valence-corrected chi connectivity index (χ1v) is 5.72. The van der Waals surface area contributed by atoms with Crippen molar-refractivity contribution in [2.45, 2.75) is 6.54 Å². The second-order valence-electron chi connectivity index (χ2n) is 4.83. The molecule has 1 N–H and O–H groups in total. The van der Waals surface area contributed by atoms with Crippen LogP contribution in [0.4, 0.5) is 0 Å². The first-order chi connectivity index (χ1) is 7.33. The molecule has 3 rings (SSSR count). The van der Waals surface area contributed by atoms with Gasteiger partial charge in [0.1, 0.15) is 5.82 Å². The molecule has 1 aromatic heterocycles. The van der Waals surface area contributed by atoms with Gasteiger partial charge >= 0.3 is 0 Å². The Labute approximate surface area is 90.3 Å². The maximum Gasteiger partial charge on any atom is 0.122 e. The minimum absolute atomic E-state index is 0.880. The van der Waals surface area contributed by atoms with Gasteiger partial charge in [-0.3, -0.25) is 4.90 Å². The number of hydrogen-bond acceptors (Lipinski definition) is 3. The van der Waals surface area contributed by atoms with Crippen LogP contribution < -0.4 is 5.32 Å². The Morgan fingerprint density at radius 1 is 1.40 bits per heavy atom. The van der Waals surface area contributed by atoms with Crippen molar-refractivity contribution in [3.63, 3.8) is 0 Å². The third-order valence-electron chi connectivity index (χ3n) is 3.75. The number of hydrogen-bond donors (Lipinski definition) is 1. The van der Waals surface area contributed by atoms with Crippen molar-refractivity contribution in [3.8, 4) is 0 Å².